The number of pyridine rings is 1. The lowest BCUT2D eigenvalue weighted by Crippen LogP contribution is -2.22. The van der Waals surface area contributed by atoms with Gasteiger partial charge in [-0.05, 0) is 18.6 Å². The van der Waals surface area contributed by atoms with E-state index in [1.165, 1.54) is 0 Å². The molecule has 0 aliphatic heterocycles. The number of aliphatic hydroxyl groups excluding tert-OH is 1. The summed E-state index contributed by atoms with van der Waals surface area (Å²) in [5, 5.41) is 12.0. The lowest BCUT2D eigenvalue weighted by molar-refractivity contribution is 0.271. The number of hydrogen-bond donors (Lipinski definition) is 2. The van der Waals surface area contributed by atoms with Crippen molar-refractivity contribution < 1.29 is 5.11 Å². The average Bonchev–Trinajstić information content (AvgIpc) is 2.16. The summed E-state index contributed by atoms with van der Waals surface area (Å²) >= 11 is 0. The van der Waals surface area contributed by atoms with Gasteiger partial charge < -0.3 is 10.4 Å². The van der Waals surface area contributed by atoms with Gasteiger partial charge in [-0.3, -0.25) is 0 Å². The molecule has 12 heavy (non-hydrogen) atoms. The Bertz CT molecular complexity index is 209. The maximum Gasteiger partial charge on any atom is 0.126 e. The largest absolute Gasteiger partial charge is 0.394 e. The Kier molecular flexibility index (Phi) is 3.54. The molecule has 1 atom stereocenters. The molecule has 1 rings (SSSR count). The number of rotatable bonds is 4. The van der Waals surface area contributed by atoms with Crippen molar-refractivity contribution in [2.75, 3.05) is 11.9 Å². The summed E-state index contributed by atoms with van der Waals surface area (Å²) in [6.45, 7) is 2.17. The van der Waals surface area contributed by atoms with Gasteiger partial charge in [-0.2, -0.15) is 0 Å². The fourth-order valence-corrected chi connectivity index (χ4v) is 0.934. The first-order chi connectivity index (χ1) is 5.86. The van der Waals surface area contributed by atoms with Crippen molar-refractivity contribution in [2.24, 2.45) is 0 Å². The summed E-state index contributed by atoms with van der Waals surface area (Å²) in [6.07, 6.45) is 2.62. The molecule has 0 spiro atoms. The molecule has 0 amide bonds. The zero-order chi connectivity index (χ0) is 8.81. The average molecular weight is 166 g/mol. The lowest BCUT2D eigenvalue weighted by atomic mass is 10.2. The maximum absolute atomic E-state index is 8.90. The summed E-state index contributed by atoms with van der Waals surface area (Å²) in [5.41, 5.74) is 0. The summed E-state index contributed by atoms with van der Waals surface area (Å²) in [6, 6.07) is 5.78. The van der Waals surface area contributed by atoms with Gasteiger partial charge in [0.1, 0.15) is 5.82 Å². The second-order valence-electron chi connectivity index (χ2n) is 2.65. The minimum atomic E-state index is 0.111. The Hall–Kier alpha value is -1.09. The maximum atomic E-state index is 8.90. The molecule has 1 aromatic heterocycles. The van der Waals surface area contributed by atoms with E-state index in [-0.39, 0.29) is 12.6 Å². The molecule has 0 aliphatic rings. The van der Waals surface area contributed by atoms with Gasteiger partial charge in [0.2, 0.25) is 0 Å². The van der Waals surface area contributed by atoms with Crippen LogP contribution in [0.5, 0.6) is 0 Å². The Balaban J connectivity index is 2.51. The van der Waals surface area contributed by atoms with Crippen molar-refractivity contribution in [3.05, 3.63) is 24.4 Å². The third-order valence-corrected chi connectivity index (χ3v) is 1.73. The Morgan fingerprint density at radius 2 is 2.42 bits per heavy atom. The van der Waals surface area contributed by atoms with Crippen LogP contribution in [0, 0.1) is 0 Å². The number of hydrogen-bond acceptors (Lipinski definition) is 3. The first-order valence-corrected chi connectivity index (χ1v) is 4.15. The topological polar surface area (TPSA) is 45.1 Å². The number of anilines is 1. The van der Waals surface area contributed by atoms with Gasteiger partial charge in [0.25, 0.3) is 0 Å². The first-order valence-electron chi connectivity index (χ1n) is 4.15. The van der Waals surface area contributed by atoms with Gasteiger partial charge in [0.05, 0.1) is 12.6 Å². The molecule has 2 N–H and O–H groups in total. The number of nitrogens with zero attached hydrogens (tertiary/aromatic N) is 1. The lowest BCUT2D eigenvalue weighted by Gasteiger charge is -2.13. The molecule has 1 aromatic rings. The van der Waals surface area contributed by atoms with E-state index in [0.29, 0.717) is 0 Å². The summed E-state index contributed by atoms with van der Waals surface area (Å²) < 4.78 is 0. The molecule has 1 unspecified atom stereocenters. The zero-order valence-corrected chi connectivity index (χ0v) is 7.20. The van der Waals surface area contributed by atoms with Crippen LogP contribution < -0.4 is 5.32 Å². The van der Waals surface area contributed by atoms with E-state index in [1.54, 1.807) is 6.20 Å². The highest BCUT2D eigenvalue weighted by atomic mass is 16.3. The van der Waals surface area contributed by atoms with E-state index in [4.69, 9.17) is 5.11 Å². The quantitative estimate of drug-likeness (QED) is 0.708. The molecular formula is C9H14N2O. The summed E-state index contributed by atoms with van der Waals surface area (Å²) in [5.74, 6) is 0.818. The molecule has 0 radical (unpaired) electrons. The second-order valence-corrected chi connectivity index (χ2v) is 2.65. The van der Waals surface area contributed by atoms with E-state index in [9.17, 15) is 0 Å². The second kappa shape index (κ2) is 4.72. The minimum Gasteiger partial charge on any atom is -0.394 e. The van der Waals surface area contributed by atoms with E-state index >= 15 is 0 Å². The van der Waals surface area contributed by atoms with Crippen molar-refractivity contribution >= 4 is 5.82 Å². The van der Waals surface area contributed by atoms with Gasteiger partial charge in [0, 0.05) is 6.20 Å². The molecule has 3 nitrogen and oxygen atoms in total. The van der Waals surface area contributed by atoms with Crippen LogP contribution in [0.15, 0.2) is 24.4 Å². The normalized spacial score (nSPS) is 12.5. The fraction of sp³-hybridized carbons (Fsp3) is 0.444. The smallest absolute Gasteiger partial charge is 0.126 e. The van der Waals surface area contributed by atoms with Crippen LogP contribution in [0.2, 0.25) is 0 Å². The van der Waals surface area contributed by atoms with Gasteiger partial charge in [0.15, 0.2) is 0 Å². The molecule has 0 fully saturated rings. The summed E-state index contributed by atoms with van der Waals surface area (Å²) in [7, 11) is 0. The van der Waals surface area contributed by atoms with Crippen molar-refractivity contribution in [1.29, 1.82) is 0 Å². The van der Waals surface area contributed by atoms with E-state index in [2.05, 4.69) is 10.3 Å². The highest BCUT2D eigenvalue weighted by Crippen LogP contribution is 2.03. The van der Waals surface area contributed by atoms with Gasteiger partial charge in [-0.25, -0.2) is 4.98 Å². The van der Waals surface area contributed by atoms with Crippen LogP contribution in [0.25, 0.3) is 0 Å². The van der Waals surface area contributed by atoms with E-state index < -0.39 is 0 Å². The molecule has 0 aliphatic carbocycles. The van der Waals surface area contributed by atoms with E-state index in [0.717, 1.165) is 12.2 Å². The van der Waals surface area contributed by atoms with Crippen molar-refractivity contribution in [3.8, 4) is 0 Å². The molecule has 0 bridgehead atoms. The molecule has 1 heterocycles. The molecular weight excluding hydrogens is 152 g/mol. The third-order valence-electron chi connectivity index (χ3n) is 1.73. The Morgan fingerprint density at radius 1 is 1.58 bits per heavy atom. The third kappa shape index (κ3) is 2.51. The Labute approximate surface area is 72.5 Å². The predicted molar refractivity (Wildman–Crippen MR) is 49.0 cm³/mol. The standard InChI is InChI=1S/C9H14N2O/c1-2-8(7-12)11-9-5-3-4-6-10-9/h3-6,8,12H,2,7H2,1H3,(H,10,11). The fourth-order valence-electron chi connectivity index (χ4n) is 0.934. The molecule has 0 aromatic carbocycles. The number of aromatic nitrogens is 1. The van der Waals surface area contributed by atoms with Crippen molar-refractivity contribution in [1.82, 2.24) is 4.98 Å². The van der Waals surface area contributed by atoms with Gasteiger partial charge in [-0.15, -0.1) is 0 Å². The van der Waals surface area contributed by atoms with Crippen molar-refractivity contribution in [2.45, 2.75) is 19.4 Å². The van der Waals surface area contributed by atoms with Crippen LogP contribution in [0.4, 0.5) is 5.82 Å². The molecule has 66 valence electrons. The highest BCUT2D eigenvalue weighted by molar-refractivity contribution is 5.34. The predicted octanol–water partition coefficient (Wildman–Crippen LogP) is 1.26. The van der Waals surface area contributed by atoms with Crippen LogP contribution in [0.3, 0.4) is 0 Å². The zero-order valence-electron chi connectivity index (χ0n) is 7.20. The number of aliphatic hydroxyl groups is 1. The summed E-state index contributed by atoms with van der Waals surface area (Å²) in [4.78, 5) is 4.09. The Morgan fingerprint density at radius 3 is 2.92 bits per heavy atom. The number of nitrogens with one attached hydrogen (secondary N) is 1. The molecule has 0 saturated heterocycles. The van der Waals surface area contributed by atoms with Gasteiger partial charge in [-0.1, -0.05) is 13.0 Å². The van der Waals surface area contributed by atoms with Crippen LogP contribution in [0.1, 0.15) is 13.3 Å². The van der Waals surface area contributed by atoms with Crippen LogP contribution in [-0.4, -0.2) is 22.7 Å². The van der Waals surface area contributed by atoms with E-state index in [1.807, 2.05) is 25.1 Å². The molecule has 3 heteroatoms. The van der Waals surface area contributed by atoms with Crippen LogP contribution >= 0.6 is 0 Å². The van der Waals surface area contributed by atoms with Crippen molar-refractivity contribution in [3.63, 3.8) is 0 Å². The SMILES string of the molecule is CCC(CO)Nc1ccccn1. The molecule has 0 saturated carbocycles. The van der Waals surface area contributed by atoms with Crippen LogP contribution in [-0.2, 0) is 0 Å². The monoisotopic (exact) mass is 166 g/mol. The minimum absolute atomic E-state index is 0.111. The van der Waals surface area contributed by atoms with Gasteiger partial charge >= 0.3 is 0 Å². The highest BCUT2D eigenvalue weighted by Gasteiger charge is 2.02. The first kappa shape index (κ1) is 9.00.